The number of aromatic nitrogens is 2. The van der Waals surface area contributed by atoms with Crippen LogP contribution in [0.5, 0.6) is 0 Å². The second-order valence-electron chi connectivity index (χ2n) is 4.39. The molecule has 1 aliphatic heterocycles. The lowest BCUT2D eigenvalue weighted by atomic mass is 10.1. The van der Waals surface area contributed by atoms with Gasteiger partial charge in [0, 0.05) is 29.6 Å². The SMILES string of the molecule is Cc1cscc1-c1nc2c(c(C(F)(F)F)n1)CNC2. The Hall–Kier alpha value is -1.47. The predicted octanol–water partition coefficient (Wildman–Crippen LogP) is 3.14. The summed E-state index contributed by atoms with van der Waals surface area (Å²) in [7, 11) is 0. The first-order chi connectivity index (χ1) is 8.97. The number of halogens is 3. The molecule has 7 heteroatoms. The molecule has 1 N–H and O–H groups in total. The molecule has 1 aliphatic rings. The van der Waals surface area contributed by atoms with Gasteiger partial charge in [0.25, 0.3) is 0 Å². The fourth-order valence-corrected chi connectivity index (χ4v) is 2.94. The Morgan fingerprint density at radius 1 is 1.21 bits per heavy atom. The minimum absolute atomic E-state index is 0.161. The number of rotatable bonds is 1. The molecule has 19 heavy (non-hydrogen) atoms. The van der Waals surface area contributed by atoms with Gasteiger partial charge in [0.1, 0.15) is 0 Å². The summed E-state index contributed by atoms with van der Waals surface area (Å²) in [5.74, 6) is 0.161. The van der Waals surface area contributed by atoms with Gasteiger partial charge in [0.05, 0.1) is 5.69 Å². The zero-order valence-electron chi connectivity index (χ0n) is 10.0. The average Bonchev–Trinajstić information content (AvgIpc) is 2.94. The van der Waals surface area contributed by atoms with E-state index in [0.29, 0.717) is 17.8 Å². The van der Waals surface area contributed by atoms with Crippen LogP contribution in [0.4, 0.5) is 13.2 Å². The molecule has 0 aliphatic carbocycles. The van der Waals surface area contributed by atoms with E-state index in [1.54, 1.807) is 5.38 Å². The lowest BCUT2D eigenvalue weighted by molar-refractivity contribution is -0.141. The van der Waals surface area contributed by atoms with Crippen molar-refractivity contribution in [1.82, 2.24) is 15.3 Å². The molecule has 2 aromatic rings. The van der Waals surface area contributed by atoms with Crippen LogP contribution < -0.4 is 5.32 Å². The highest BCUT2D eigenvalue weighted by atomic mass is 32.1. The summed E-state index contributed by atoms with van der Waals surface area (Å²) in [6.45, 7) is 2.37. The molecule has 0 spiro atoms. The van der Waals surface area contributed by atoms with Crippen molar-refractivity contribution < 1.29 is 13.2 Å². The molecule has 0 saturated heterocycles. The van der Waals surface area contributed by atoms with Gasteiger partial charge in [-0.05, 0) is 17.9 Å². The molecule has 3 heterocycles. The van der Waals surface area contributed by atoms with E-state index >= 15 is 0 Å². The average molecular weight is 285 g/mol. The minimum atomic E-state index is -4.45. The first-order valence-corrected chi connectivity index (χ1v) is 6.62. The van der Waals surface area contributed by atoms with Crippen molar-refractivity contribution in [3.63, 3.8) is 0 Å². The van der Waals surface area contributed by atoms with E-state index in [-0.39, 0.29) is 17.9 Å². The Labute approximate surface area is 111 Å². The van der Waals surface area contributed by atoms with Gasteiger partial charge >= 0.3 is 6.18 Å². The molecule has 0 atom stereocenters. The second kappa shape index (κ2) is 4.28. The van der Waals surface area contributed by atoms with Crippen molar-refractivity contribution in [2.45, 2.75) is 26.2 Å². The fourth-order valence-electron chi connectivity index (χ4n) is 2.11. The minimum Gasteiger partial charge on any atom is -0.307 e. The molecular weight excluding hydrogens is 275 g/mol. The summed E-state index contributed by atoms with van der Waals surface area (Å²) in [5, 5.41) is 6.54. The highest BCUT2D eigenvalue weighted by Crippen LogP contribution is 2.35. The van der Waals surface area contributed by atoms with E-state index in [4.69, 9.17) is 0 Å². The Bertz CT molecular complexity index is 634. The molecule has 0 fully saturated rings. The predicted molar refractivity (Wildman–Crippen MR) is 65.6 cm³/mol. The number of hydrogen-bond acceptors (Lipinski definition) is 4. The number of hydrogen-bond donors (Lipinski definition) is 1. The van der Waals surface area contributed by atoms with Crippen LogP contribution in [0, 0.1) is 6.92 Å². The summed E-state index contributed by atoms with van der Waals surface area (Å²) in [6, 6.07) is 0. The van der Waals surface area contributed by atoms with E-state index in [1.807, 2.05) is 12.3 Å². The topological polar surface area (TPSA) is 37.8 Å². The molecule has 3 rings (SSSR count). The number of nitrogens with one attached hydrogen (secondary N) is 1. The highest BCUT2D eigenvalue weighted by molar-refractivity contribution is 7.08. The molecular formula is C12H10F3N3S. The Kier molecular flexibility index (Phi) is 2.83. The van der Waals surface area contributed by atoms with E-state index in [0.717, 1.165) is 5.56 Å². The number of thiophene rings is 1. The van der Waals surface area contributed by atoms with E-state index < -0.39 is 11.9 Å². The van der Waals surface area contributed by atoms with Crippen molar-refractivity contribution in [2.24, 2.45) is 0 Å². The Morgan fingerprint density at radius 2 is 2.00 bits per heavy atom. The number of aryl methyl sites for hydroxylation is 1. The summed E-state index contributed by atoms with van der Waals surface area (Å²) in [6.07, 6.45) is -4.45. The lowest BCUT2D eigenvalue weighted by Crippen LogP contribution is -2.14. The van der Waals surface area contributed by atoms with Crippen LogP contribution in [0.15, 0.2) is 10.8 Å². The zero-order chi connectivity index (χ0) is 13.6. The molecule has 100 valence electrons. The smallest absolute Gasteiger partial charge is 0.307 e. The number of alkyl halides is 3. The van der Waals surface area contributed by atoms with Crippen LogP contribution in [0.3, 0.4) is 0 Å². The van der Waals surface area contributed by atoms with E-state index in [9.17, 15) is 13.2 Å². The summed E-state index contributed by atoms with van der Waals surface area (Å²) < 4.78 is 39.1. The third kappa shape index (κ3) is 2.12. The second-order valence-corrected chi connectivity index (χ2v) is 5.13. The van der Waals surface area contributed by atoms with Gasteiger partial charge in [-0.15, -0.1) is 0 Å². The molecule has 0 unspecified atom stereocenters. The molecule has 0 bridgehead atoms. The number of nitrogens with zero attached hydrogens (tertiary/aromatic N) is 2. The summed E-state index contributed by atoms with van der Waals surface area (Å²) in [5.41, 5.74) is 1.37. The van der Waals surface area contributed by atoms with Crippen molar-refractivity contribution in [2.75, 3.05) is 0 Å². The van der Waals surface area contributed by atoms with Gasteiger partial charge < -0.3 is 5.32 Å². The monoisotopic (exact) mass is 285 g/mol. The molecule has 0 aromatic carbocycles. The molecule has 0 saturated carbocycles. The first-order valence-electron chi connectivity index (χ1n) is 5.67. The van der Waals surface area contributed by atoms with Crippen molar-refractivity contribution >= 4 is 11.3 Å². The normalized spacial score (nSPS) is 14.7. The maximum Gasteiger partial charge on any atom is 0.433 e. The highest BCUT2D eigenvalue weighted by Gasteiger charge is 2.38. The third-order valence-corrected chi connectivity index (χ3v) is 3.91. The van der Waals surface area contributed by atoms with E-state index in [1.165, 1.54) is 11.3 Å². The standard InChI is InChI=1S/C12H10F3N3S/c1-6-4-19-5-8(6)11-17-9-3-16-2-7(9)10(18-11)12(13,14)15/h4-5,16H,2-3H2,1H3. The van der Waals surface area contributed by atoms with Crippen LogP contribution >= 0.6 is 11.3 Å². The van der Waals surface area contributed by atoms with Crippen LogP contribution in [0.2, 0.25) is 0 Å². The van der Waals surface area contributed by atoms with Crippen molar-refractivity contribution in [1.29, 1.82) is 0 Å². The van der Waals surface area contributed by atoms with Gasteiger partial charge in [-0.3, -0.25) is 0 Å². The van der Waals surface area contributed by atoms with Crippen molar-refractivity contribution in [3.8, 4) is 11.4 Å². The number of fused-ring (bicyclic) bond motifs is 1. The van der Waals surface area contributed by atoms with Gasteiger partial charge in [-0.25, -0.2) is 9.97 Å². The largest absolute Gasteiger partial charge is 0.433 e. The Morgan fingerprint density at radius 3 is 2.63 bits per heavy atom. The van der Waals surface area contributed by atoms with Gasteiger partial charge in [-0.1, -0.05) is 0 Å². The summed E-state index contributed by atoms with van der Waals surface area (Å²) in [4.78, 5) is 8.01. The maximum absolute atomic E-state index is 13.0. The quantitative estimate of drug-likeness (QED) is 0.874. The van der Waals surface area contributed by atoms with Crippen LogP contribution in [-0.4, -0.2) is 9.97 Å². The van der Waals surface area contributed by atoms with Crippen molar-refractivity contribution in [3.05, 3.63) is 33.3 Å². The maximum atomic E-state index is 13.0. The fraction of sp³-hybridized carbons (Fsp3) is 0.333. The zero-order valence-corrected chi connectivity index (χ0v) is 10.8. The lowest BCUT2D eigenvalue weighted by Gasteiger charge is -2.12. The van der Waals surface area contributed by atoms with Gasteiger partial charge in [0.15, 0.2) is 11.5 Å². The summed E-state index contributed by atoms with van der Waals surface area (Å²) >= 11 is 1.43. The van der Waals surface area contributed by atoms with Crippen LogP contribution in [0.1, 0.15) is 22.5 Å². The van der Waals surface area contributed by atoms with E-state index in [2.05, 4.69) is 15.3 Å². The van der Waals surface area contributed by atoms with Gasteiger partial charge in [-0.2, -0.15) is 24.5 Å². The van der Waals surface area contributed by atoms with Crippen LogP contribution in [0.25, 0.3) is 11.4 Å². The molecule has 0 radical (unpaired) electrons. The molecule has 2 aromatic heterocycles. The van der Waals surface area contributed by atoms with Gasteiger partial charge in [0.2, 0.25) is 0 Å². The first kappa shape index (κ1) is 12.6. The Balaban J connectivity index is 2.21. The third-order valence-electron chi connectivity index (χ3n) is 3.05. The van der Waals surface area contributed by atoms with Crippen LogP contribution in [-0.2, 0) is 19.3 Å². The molecule has 0 amide bonds. The molecule has 3 nitrogen and oxygen atoms in total.